The number of esters is 1. The van der Waals surface area contributed by atoms with E-state index in [0.29, 0.717) is 31.8 Å². The Morgan fingerprint density at radius 2 is 1.50 bits per heavy atom. The molecule has 0 fully saturated rings. The zero-order valence-electron chi connectivity index (χ0n) is 13.1. The van der Waals surface area contributed by atoms with Crippen LogP contribution in [0.2, 0.25) is 0 Å². The maximum absolute atomic E-state index is 11.6. The van der Waals surface area contributed by atoms with Crippen molar-refractivity contribution < 1.29 is 27.2 Å². The highest BCUT2D eigenvalue weighted by Crippen LogP contribution is 2.17. The van der Waals surface area contributed by atoms with Crippen LogP contribution in [-0.4, -0.2) is 41.1 Å². The second-order valence-electron chi connectivity index (χ2n) is 3.94. The van der Waals surface area contributed by atoms with Crippen LogP contribution in [-0.2, 0) is 27.2 Å². The summed E-state index contributed by atoms with van der Waals surface area (Å²) in [5.41, 5.74) is 0.309. The van der Waals surface area contributed by atoms with Gasteiger partial charge in [-0.25, -0.2) is 4.79 Å². The van der Waals surface area contributed by atoms with E-state index in [2.05, 4.69) is 6.58 Å². The van der Waals surface area contributed by atoms with Gasteiger partial charge in [-0.1, -0.05) is 13.5 Å². The lowest BCUT2D eigenvalue weighted by molar-refractivity contribution is -0.174. The summed E-state index contributed by atoms with van der Waals surface area (Å²) in [5, 5.41) is 0. The molecule has 0 bridgehead atoms. The minimum atomic E-state index is -3.29. The molecule has 0 aliphatic heterocycles. The lowest BCUT2D eigenvalue weighted by atomic mass is 10.3. The highest BCUT2D eigenvalue weighted by Gasteiger charge is 2.47. The van der Waals surface area contributed by atoms with Gasteiger partial charge in [-0.05, 0) is 27.7 Å². The highest BCUT2D eigenvalue weighted by molar-refractivity contribution is 6.53. The number of rotatable bonds is 11. The van der Waals surface area contributed by atoms with Crippen molar-refractivity contribution in [2.45, 2.75) is 47.3 Å². The third-order valence-electron chi connectivity index (χ3n) is 2.16. The summed E-state index contributed by atoms with van der Waals surface area (Å²) in [7, 11) is -3.29. The summed E-state index contributed by atoms with van der Waals surface area (Å²) >= 11 is 0. The Kier molecular flexibility index (Phi) is 9.69. The predicted molar refractivity (Wildman–Crippen MR) is 76.7 cm³/mol. The van der Waals surface area contributed by atoms with Gasteiger partial charge in [-0.15, -0.1) is 0 Å². The summed E-state index contributed by atoms with van der Waals surface area (Å²) in [6, 6.07) is 0. The van der Waals surface area contributed by atoms with Gasteiger partial charge < -0.3 is 22.4 Å². The molecule has 0 aromatic carbocycles. The Morgan fingerprint density at radius 1 is 1.05 bits per heavy atom. The standard InChI is InChI=1S/C13H26O6Si/c1-7-12(18-13(14)11(5)6)19-20(15-8-2,16-9-3)17-10-4/h12H,5,7-10H2,1-4,6H3. The Labute approximate surface area is 122 Å². The van der Waals surface area contributed by atoms with Crippen molar-refractivity contribution in [2.24, 2.45) is 0 Å². The molecule has 0 aromatic rings. The lowest BCUT2D eigenvalue weighted by Gasteiger charge is -2.30. The second kappa shape index (κ2) is 10.1. The molecule has 0 aliphatic carbocycles. The van der Waals surface area contributed by atoms with Gasteiger partial charge in [0.15, 0.2) is 6.29 Å². The number of carbonyl (C=O) groups is 1. The van der Waals surface area contributed by atoms with Crippen LogP contribution in [0.5, 0.6) is 0 Å². The van der Waals surface area contributed by atoms with Crippen molar-refractivity contribution in [3.8, 4) is 0 Å². The van der Waals surface area contributed by atoms with E-state index in [1.807, 2.05) is 27.7 Å². The molecule has 1 atom stereocenters. The van der Waals surface area contributed by atoms with Crippen LogP contribution in [0.1, 0.15) is 41.0 Å². The maximum atomic E-state index is 11.6. The van der Waals surface area contributed by atoms with E-state index in [0.717, 1.165) is 0 Å². The molecular weight excluding hydrogens is 280 g/mol. The molecule has 6 nitrogen and oxygen atoms in total. The molecule has 0 heterocycles. The van der Waals surface area contributed by atoms with E-state index in [9.17, 15) is 4.79 Å². The van der Waals surface area contributed by atoms with Crippen molar-refractivity contribution in [1.29, 1.82) is 0 Å². The van der Waals surface area contributed by atoms with Gasteiger partial charge in [-0.3, -0.25) is 0 Å². The highest BCUT2D eigenvalue weighted by atomic mass is 28.4. The summed E-state index contributed by atoms with van der Waals surface area (Å²) in [6.45, 7) is 13.6. The number of carbonyl (C=O) groups excluding carboxylic acids is 1. The fraction of sp³-hybridized carbons (Fsp3) is 0.769. The minimum Gasteiger partial charge on any atom is -0.433 e. The van der Waals surface area contributed by atoms with Crippen LogP contribution in [0.3, 0.4) is 0 Å². The molecule has 0 amide bonds. The molecular formula is C13H26O6Si. The smallest absolute Gasteiger partial charge is 0.433 e. The van der Waals surface area contributed by atoms with Crippen molar-refractivity contribution >= 4 is 15.0 Å². The second-order valence-corrected chi connectivity index (χ2v) is 6.04. The molecule has 7 heteroatoms. The van der Waals surface area contributed by atoms with Gasteiger partial charge in [0, 0.05) is 31.8 Å². The average Bonchev–Trinajstić information content (AvgIpc) is 2.38. The molecule has 0 aromatic heterocycles. The first-order valence-corrected chi connectivity index (χ1v) is 8.54. The number of ether oxygens (including phenoxy) is 1. The van der Waals surface area contributed by atoms with Gasteiger partial charge in [0.1, 0.15) is 0 Å². The Morgan fingerprint density at radius 3 is 1.80 bits per heavy atom. The normalized spacial score (nSPS) is 13.1. The number of hydrogen-bond acceptors (Lipinski definition) is 6. The van der Waals surface area contributed by atoms with E-state index in [4.69, 9.17) is 22.4 Å². The van der Waals surface area contributed by atoms with Crippen LogP contribution < -0.4 is 0 Å². The fourth-order valence-electron chi connectivity index (χ4n) is 1.33. The molecule has 20 heavy (non-hydrogen) atoms. The largest absolute Gasteiger partial charge is 0.682 e. The number of hydrogen-bond donors (Lipinski definition) is 0. The predicted octanol–water partition coefficient (Wildman–Crippen LogP) is 2.40. The van der Waals surface area contributed by atoms with Gasteiger partial charge in [0.05, 0.1) is 0 Å². The first-order chi connectivity index (χ1) is 9.44. The maximum Gasteiger partial charge on any atom is 0.682 e. The zero-order valence-corrected chi connectivity index (χ0v) is 14.1. The third-order valence-corrected chi connectivity index (χ3v) is 4.64. The summed E-state index contributed by atoms with van der Waals surface area (Å²) in [6.07, 6.45) is -0.323. The molecule has 118 valence electrons. The van der Waals surface area contributed by atoms with E-state index in [1.165, 1.54) is 0 Å². The monoisotopic (exact) mass is 306 g/mol. The quantitative estimate of drug-likeness (QED) is 0.253. The Balaban J connectivity index is 4.88. The van der Waals surface area contributed by atoms with E-state index in [1.54, 1.807) is 6.92 Å². The van der Waals surface area contributed by atoms with Crippen molar-refractivity contribution in [2.75, 3.05) is 19.8 Å². The molecule has 0 rings (SSSR count). The molecule has 0 aliphatic rings. The Bertz CT molecular complexity index is 290. The van der Waals surface area contributed by atoms with Crippen LogP contribution >= 0.6 is 0 Å². The average molecular weight is 306 g/mol. The summed E-state index contributed by atoms with van der Waals surface area (Å²) in [4.78, 5) is 11.6. The fourth-order valence-corrected chi connectivity index (χ4v) is 3.38. The summed E-state index contributed by atoms with van der Waals surface area (Å²) in [5.74, 6) is -0.510. The molecule has 0 N–H and O–H groups in total. The van der Waals surface area contributed by atoms with Gasteiger partial charge in [0.2, 0.25) is 0 Å². The third kappa shape index (κ3) is 6.62. The van der Waals surface area contributed by atoms with Crippen LogP contribution in [0.15, 0.2) is 12.2 Å². The first-order valence-electron chi connectivity index (χ1n) is 6.90. The minimum absolute atomic E-state index is 0.309. The van der Waals surface area contributed by atoms with Crippen LogP contribution in [0, 0.1) is 0 Å². The molecule has 0 saturated carbocycles. The van der Waals surface area contributed by atoms with E-state index >= 15 is 0 Å². The van der Waals surface area contributed by atoms with Gasteiger partial charge >= 0.3 is 15.0 Å². The van der Waals surface area contributed by atoms with Crippen molar-refractivity contribution in [1.82, 2.24) is 0 Å². The molecule has 0 radical (unpaired) electrons. The van der Waals surface area contributed by atoms with Gasteiger partial charge in [-0.2, -0.15) is 0 Å². The zero-order chi connectivity index (χ0) is 15.6. The van der Waals surface area contributed by atoms with E-state index < -0.39 is 21.3 Å². The topological polar surface area (TPSA) is 63.2 Å². The molecule has 0 saturated heterocycles. The van der Waals surface area contributed by atoms with Crippen LogP contribution in [0.25, 0.3) is 0 Å². The SMILES string of the molecule is C=C(C)C(=O)OC(CC)O[Si](OCC)(OCC)OCC. The molecule has 0 spiro atoms. The van der Waals surface area contributed by atoms with Crippen molar-refractivity contribution in [3.63, 3.8) is 0 Å². The first kappa shape index (κ1) is 19.3. The Hall–Kier alpha value is -0.733. The van der Waals surface area contributed by atoms with Crippen molar-refractivity contribution in [3.05, 3.63) is 12.2 Å². The van der Waals surface area contributed by atoms with E-state index in [-0.39, 0.29) is 0 Å². The van der Waals surface area contributed by atoms with Crippen LogP contribution in [0.4, 0.5) is 0 Å². The van der Waals surface area contributed by atoms with Gasteiger partial charge in [0.25, 0.3) is 0 Å². The summed E-state index contributed by atoms with van der Waals surface area (Å²) < 4.78 is 27.5. The molecule has 1 unspecified atom stereocenters. The lowest BCUT2D eigenvalue weighted by Crippen LogP contribution is -2.52.